The lowest BCUT2D eigenvalue weighted by atomic mass is 10.1. The second kappa shape index (κ2) is 12.3. The van der Waals surface area contributed by atoms with E-state index in [2.05, 4.69) is 5.32 Å². The molecule has 0 unspecified atom stereocenters. The number of alkyl halides is 3. The Morgan fingerprint density at radius 1 is 1.05 bits per heavy atom. The standard InChI is InChI=1S/C26H23ClF3N3O5S/c27-22-5-2-6-23(21(22)14-31)33(39(37,38)20-10-8-19(9-11-20)26(28,29)30)16-24(34)32-15-18-4-1-3-17(13-18)7-12-25(35)36/h1-13H,14-16,31H2,(H,32,34)(H,35,36). The van der Waals surface area contributed by atoms with E-state index in [0.29, 0.717) is 23.3 Å². The molecule has 0 saturated heterocycles. The average Bonchev–Trinajstić information content (AvgIpc) is 2.89. The first-order valence-electron chi connectivity index (χ1n) is 11.3. The molecule has 3 rings (SSSR count). The normalized spacial score (nSPS) is 11.9. The molecule has 0 heterocycles. The molecule has 39 heavy (non-hydrogen) atoms. The third kappa shape index (κ3) is 7.59. The van der Waals surface area contributed by atoms with E-state index in [1.165, 1.54) is 24.3 Å². The van der Waals surface area contributed by atoms with Crippen LogP contribution in [0.25, 0.3) is 6.08 Å². The first-order chi connectivity index (χ1) is 18.3. The molecule has 13 heteroatoms. The van der Waals surface area contributed by atoms with Crippen LogP contribution in [0.1, 0.15) is 22.3 Å². The highest BCUT2D eigenvalue weighted by Gasteiger charge is 2.33. The summed E-state index contributed by atoms with van der Waals surface area (Å²) in [6.07, 6.45) is -2.33. The molecular weight excluding hydrogens is 559 g/mol. The van der Waals surface area contributed by atoms with Gasteiger partial charge in [0.05, 0.1) is 16.1 Å². The van der Waals surface area contributed by atoms with Crippen LogP contribution in [0.5, 0.6) is 0 Å². The molecule has 3 aromatic rings. The maximum Gasteiger partial charge on any atom is 0.416 e. The fraction of sp³-hybridized carbons (Fsp3) is 0.154. The second-order valence-electron chi connectivity index (χ2n) is 8.17. The Labute approximate surface area is 227 Å². The first-order valence-corrected chi connectivity index (χ1v) is 13.1. The molecule has 4 N–H and O–H groups in total. The smallest absolute Gasteiger partial charge is 0.416 e. The van der Waals surface area contributed by atoms with Crippen molar-refractivity contribution < 1.29 is 36.3 Å². The Morgan fingerprint density at radius 2 is 1.72 bits per heavy atom. The van der Waals surface area contributed by atoms with Crippen LogP contribution < -0.4 is 15.4 Å². The summed E-state index contributed by atoms with van der Waals surface area (Å²) in [6.45, 7) is -0.914. The number of hydrogen-bond acceptors (Lipinski definition) is 5. The van der Waals surface area contributed by atoms with E-state index in [1.807, 2.05) is 0 Å². The third-order valence-electron chi connectivity index (χ3n) is 5.48. The lowest BCUT2D eigenvalue weighted by Crippen LogP contribution is -2.41. The number of amides is 1. The number of nitrogens with two attached hydrogens (primary N) is 1. The summed E-state index contributed by atoms with van der Waals surface area (Å²) in [5.41, 5.74) is 6.16. The van der Waals surface area contributed by atoms with Gasteiger partial charge in [-0.25, -0.2) is 13.2 Å². The zero-order chi connectivity index (χ0) is 28.8. The van der Waals surface area contributed by atoms with E-state index < -0.39 is 45.1 Å². The lowest BCUT2D eigenvalue weighted by Gasteiger charge is -2.26. The maximum atomic E-state index is 13.6. The Kier molecular flexibility index (Phi) is 9.38. The SMILES string of the molecule is NCc1c(Cl)cccc1N(CC(=O)NCc1cccc(C=CC(=O)O)c1)S(=O)(=O)c1ccc(C(F)(F)F)cc1. The van der Waals surface area contributed by atoms with Gasteiger partial charge in [-0.05, 0) is 59.7 Å². The number of nitrogens with zero attached hydrogens (tertiary/aromatic N) is 1. The highest BCUT2D eigenvalue weighted by atomic mass is 35.5. The minimum atomic E-state index is -4.66. The highest BCUT2D eigenvalue weighted by Crippen LogP contribution is 2.33. The van der Waals surface area contributed by atoms with Crippen molar-refractivity contribution in [3.05, 3.63) is 100 Å². The predicted molar refractivity (Wildman–Crippen MR) is 140 cm³/mol. The quantitative estimate of drug-likeness (QED) is 0.304. The van der Waals surface area contributed by atoms with Crippen LogP contribution in [0.15, 0.2) is 77.7 Å². The van der Waals surface area contributed by atoms with Gasteiger partial charge in [0.2, 0.25) is 5.91 Å². The molecular formula is C26H23ClF3N3O5S. The molecule has 1 amide bonds. The summed E-state index contributed by atoms with van der Waals surface area (Å²) in [4.78, 5) is 23.2. The van der Waals surface area contributed by atoms with Gasteiger partial charge in [0, 0.05) is 29.8 Å². The molecule has 0 aliphatic heterocycles. The first kappa shape index (κ1) is 29.7. The number of hydrogen-bond donors (Lipinski definition) is 3. The van der Waals surface area contributed by atoms with Gasteiger partial charge in [0.15, 0.2) is 0 Å². The van der Waals surface area contributed by atoms with Crippen LogP contribution in [0, 0.1) is 0 Å². The molecule has 0 aliphatic rings. The van der Waals surface area contributed by atoms with Gasteiger partial charge < -0.3 is 16.2 Å². The fourth-order valence-corrected chi connectivity index (χ4v) is 5.29. The van der Waals surface area contributed by atoms with E-state index in [0.717, 1.165) is 22.5 Å². The van der Waals surface area contributed by atoms with Crippen LogP contribution >= 0.6 is 11.6 Å². The van der Waals surface area contributed by atoms with Gasteiger partial charge in [0.1, 0.15) is 6.54 Å². The number of rotatable bonds is 10. The number of carbonyl (C=O) groups excluding carboxylic acids is 1. The summed E-state index contributed by atoms with van der Waals surface area (Å²) in [6, 6.07) is 13.9. The number of carboxylic acids is 1. The van der Waals surface area contributed by atoms with Crippen LogP contribution in [-0.2, 0) is 38.9 Å². The number of benzene rings is 3. The van der Waals surface area contributed by atoms with Crippen molar-refractivity contribution >= 4 is 45.3 Å². The number of carbonyl (C=O) groups is 2. The van der Waals surface area contributed by atoms with E-state index in [-0.39, 0.29) is 29.4 Å². The number of sulfonamides is 1. The van der Waals surface area contributed by atoms with Crippen molar-refractivity contribution in [2.75, 3.05) is 10.8 Å². The molecule has 0 spiro atoms. The van der Waals surface area contributed by atoms with Gasteiger partial charge >= 0.3 is 12.1 Å². The molecule has 0 aromatic heterocycles. The zero-order valence-electron chi connectivity index (χ0n) is 20.2. The third-order valence-corrected chi connectivity index (χ3v) is 7.61. The van der Waals surface area contributed by atoms with Gasteiger partial charge in [-0.3, -0.25) is 9.10 Å². The van der Waals surface area contributed by atoms with Crippen molar-refractivity contribution in [2.45, 2.75) is 24.2 Å². The second-order valence-corrected chi connectivity index (χ2v) is 10.4. The van der Waals surface area contributed by atoms with E-state index in [4.69, 9.17) is 22.4 Å². The van der Waals surface area contributed by atoms with Crippen molar-refractivity contribution in [1.82, 2.24) is 5.32 Å². The van der Waals surface area contributed by atoms with Crippen molar-refractivity contribution in [3.63, 3.8) is 0 Å². The maximum absolute atomic E-state index is 13.6. The van der Waals surface area contributed by atoms with Crippen molar-refractivity contribution in [3.8, 4) is 0 Å². The fourth-order valence-electron chi connectivity index (χ4n) is 3.59. The molecule has 0 bridgehead atoms. The molecule has 206 valence electrons. The molecule has 3 aromatic carbocycles. The number of anilines is 1. The Morgan fingerprint density at radius 3 is 2.33 bits per heavy atom. The number of carboxylic acid groups (broad SMARTS) is 1. The van der Waals surface area contributed by atoms with Gasteiger partial charge in [0.25, 0.3) is 10.0 Å². The molecule has 0 atom stereocenters. The van der Waals surface area contributed by atoms with E-state index in [1.54, 1.807) is 24.3 Å². The molecule has 0 aliphatic carbocycles. The largest absolute Gasteiger partial charge is 0.478 e. The average molecular weight is 582 g/mol. The van der Waals surface area contributed by atoms with Gasteiger partial charge in [-0.15, -0.1) is 0 Å². The van der Waals surface area contributed by atoms with Crippen LogP contribution in [0.3, 0.4) is 0 Å². The number of halogens is 4. The van der Waals surface area contributed by atoms with Crippen LogP contribution in [0.2, 0.25) is 5.02 Å². The van der Waals surface area contributed by atoms with E-state index in [9.17, 15) is 31.2 Å². The number of nitrogens with one attached hydrogen (secondary N) is 1. The van der Waals surface area contributed by atoms with Crippen LogP contribution in [-0.4, -0.2) is 31.9 Å². The predicted octanol–water partition coefficient (Wildman–Crippen LogP) is 4.43. The zero-order valence-corrected chi connectivity index (χ0v) is 21.7. The van der Waals surface area contributed by atoms with Gasteiger partial charge in [-0.2, -0.15) is 13.2 Å². The summed E-state index contributed by atoms with van der Waals surface area (Å²) in [7, 11) is -4.54. The Bertz CT molecular complexity index is 1490. The molecule has 0 saturated carbocycles. The van der Waals surface area contributed by atoms with Crippen molar-refractivity contribution in [1.29, 1.82) is 0 Å². The minimum absolute atomic E-state index is 0.000790. The van der Waals surface area contributed by atoms with Crippen LogP contribution in [0.4, 0.5) is 18.9 Å². The summed E-state index contributed by atoms with van der Waals surface area (Å²) < 4.78 is 66.9. The van der Waals surface area contributed by atoms with Gasteiger partial charge in [-0.1, -0.05) is 35.9 Å². The highest BCUT2D eigenvalue weighted by molar-refractivity contribution is 7.92. The number of aliphatic carboxylic acids is 1. The van der Waals surface area contributed by atoms with E-state index >= 15 is 0 Å². The minimum Gasteiger partial charge on any atom is -0.478 e. The lowest BCUT2D eigenvalue weighted by molar-refractivity contribution is -0.137. The molecule has 0 radical (unpaired) electrons. The topological polar surface area (TPSA) is 130 Å². The summed E-state index contributed by atoms with van der Waals surface area (Å²) >= 11 is 6.21. The monoisotopic (exact) mass is 581 g/mol. The Balaban J connectivity index is 1.91. The van der Waals surface area contributed by atoms with Crippen molar-refractivity contribution in [2.24, 2.45) is 5.73 Å². The summed E-state index contributed by atoms with van der Waals surface area (Å²) in [5, 5.41) is 11.5. The summed E-state index contributed by atoms with van der Waals surface area (Å²) in [5.74, 6) is -1.85. The Hall–Kier alpha value is -3.87. The molecule has 0 fully saturated rings. The molecule has 8 nitrogen and oxygen atoms in total.